The van der Waals surface area contributed by atoms with Crippen LogP contribution in [0.25, 0.3) is 0 Å². The van der Waals surface area contributed by atoms with Crippen LogP contribution in [0, 0.1) is 10.7 Å². The molecule has 1 nitrogen and oxygen atoms in total. The molecule has 7 heavy (non-hydrogen) atoms. The first-order valence-corrected chi connectivity index (χ1v) is 7.19. The topological polar surface area (TPSA) is 23.8 Å². The Labute approximate surface area is 56.4 Å². The van der Waals surface area contributed by atoms with Crippen molar-refractivity contribution in [3.8, 4) is 5.40 Å². The van der Waals surface area contributed by atoms with Gasteiger partial charge < -0.3 is 0 Å². The van der Waals surface area contributed by atoms with Crippen LogP contribution < -0.4 is 0 Å². The second kappa shape index (κ2) is 2.85. The zero-order valence-electron chi connectivity index (χ0n) is 4.14. The van der Waals surface area contributed by atoms with Gasteiger partial charge in [-0.2, -0.15) is 5.26 Å². The van der Waals surface area contributed by atoms with Gasteiger partial charge in [0.25, 0.3) is 0 Å². The van der Waals surface area contributed by atoms with E-state index in [9.17, 15) is 0 Å². The summed E-state index contributed by atoms with van der Waals surface area (Å²) >= 11 is 3.36. The SMILES string of the molecule is CS(C)(Br)SC#N. The van der Waals surface area contributed by atoms with Gasteiger partial charge in [0.15, 0.2) is 0 Å². The van der Waals surface area contributed by atoms with Crippen LogP contribution in [0.3, 0.4) is 0 Å². The van der Waals surface area contributed by atoms with Crippen LogP contribution in [-0.4, -0.2) is 12.5 Å². The van der Waals surface area contributed by atoms with Crippen LogP contribution in [0.2, 0.25) is 0 Å². The third-order valence-electron chi connectivity index (χ3n) is 0.235. The molecule has 0 heterocycles. The molecule has 4 heteroatoms. The van der Waals surface area contributed by atoms with Crippen LogP contribution in [0.15, 0.2) is 0 Å². The Bertz CT molecular complexity index is 90.1. The van der Waals surface area contributed by atoms with Gasteiger partial charge in [0.05, 0.1) is 0 Å². The van der Waals surface area contributed by atoms with Crippen LogP contribution in [0.5, 0.6) is 0 Å². The molecule has 0 fully saturated rings. The first kappa shape index (κ1) is 7.67. The van der Waals surface area contributed by atoms with Crippen molar-refractivity contribution < 1.29 is 0 Å². The summed E-state index contributed by atoms with van der Waals surface area (Å²) in [4.78, 5) is 0. The van der Waals surface area contributed by atoms with Gasteiger partial charge in [0, 0.05) is 10.8 Å². The molecular weight excluding hydrogens is 194 g/mol. The second-order valence-corrected chi connectivity index (χ2v) is 13.0. The Hall–Kier alpha value is 0.670. The van der Waals surface area contributed by atoms with E-state index in [1.165, 1.54) is 10.8 Å². The van der Waals surface area contributed by atoms with Crippen molar-refractivity contribution in [1.82, 2.24) is 0 Å². The Balaban J connectivity index is 3.40. The lowest BCUT2D eigenvalue weighted by Gasteiger charge is -2.14. The highest BCUT2D eigenvalue weighted by Crippen LogP contribution is 2.59. The predicted octanol–water partition coefficient (Wildman–Crippen LogP) is 2.49. The Morgan fingerprint density at radius 3 is 2.14 bits per heavy atom. The molecule has 0 spiro atoms. The molecule has 0 radical (unpaired) electrons. The average molecular weight is 200 g/mol. The van der Waals surface area contributed by atoms with Crippen LogP contribution in [-0.2, 0) is 0 Å². The van der Waals surface area contributed by atoms with E-state index in [0.717, 1.165) is 0 Å². The van der Waals surface area contributed by atoms with E-state index < -0.39 is 7.49 Å². The highest BCUT2D eigenvalue weighted by atomic mass is 79.9. The Kier molecular flexibility index (Phi) is 3.13. The molecular formula is C3H6BrNS2. The number of nitrogens with zero attached hydrogens (tertiary/aromatic N) is 1. The highest BCUT2D eigenvalue weighted by Gasteiger charge is 2.03. The largest absolute Gasteiger partial charge is 0.184 e. The molecule has 0 atom stereocenters. The molecule has 0 amide bonds. The van der Waals surface area contributed by atoms with Crippen molar-refractivity contribution in [2.24, 2.45) is 0 Å². The molecule has 0 unspecified atom stereocenters. The van der Waals surface area contributed by atoms with Crippen LogP contribution in [0.1, 0.15) is 0 Å². The summed E-state index contributed by atoms with van der Waals surface area (Å²) in [6.45, 7) is 0. The lowest BCUT2D eigenvalue weighted by atomic mass is 11.8. The molecule has 0 aliphatic rings. The molecule has 0 bridgehead atoms. The number of halogens is 1. The van der Waals surface area contributed by atoms with E-state index in [2.05, 4.69) is 14.8 Å². The smallest absolute Gasteiger partial charge is 0.144 e. The van der Waals surface area contributed by atoms with Crippen molar-refractivity contribution in [3.63, 3.8) is 0 Å². The van der Waals surface area contributed by atoms with Gasteiger partial charge >= 0.3 is 0 Å². The molecule has 0 saturated heterocycles. The minimum Gasteiger partial charge on any atom is -0.184 e. The number of rotatable bonds is 1. The van der Waals surface area contributed by atoms with Gasteiger partial charge in [-0.05, 0) is 27.3 Å². The maximum Gasteiger partial charge on any atom is 0.144 e. The summed E-state index contributed by atoms with van der Waals surface area (Å²) < 4.78 is 0. The lowest BCUT2D eigenvalue weighted by molar-refractivity contribution is 1.57. The predicted molar refractivity (Wildman–Crippen MR) is 41.6 cm³/mol. The number of hydrogen-bond donors (Lipinski definition) is 0. The van der Waals surface area contributed by atoms with E-state index in [1.807, 2.05) is 17.9 Å². The molecule has 0 aromatic carbocycles. The monoisotopic (exact) mass is 199 g/mol. The van der Waals surface area contributed by atoms with E-state index in [1.54, 1.807) is 0 Å². The lowest BCUT2D eigenvalue weighted by Crippen LogP contribution is -1.69. The summed E-state index contributed by atoms with van der Waals surface area (Å²) in [5, 5.41) is 10.1. The van der Waals surface area contributed by atoms with Gasteiger partial charge in [-0.25, -0.2) is 0 Å². The summed E-state index contributed by atoms with van der Waals surface area (Å²) in [6, 6.07) is 0. The molecule has 0 aliphatic heterocycles. The third kappa shape index (κ3) is 6.67. The zero-order valence-corrected chi connectivity index (χ0v) is 7.36. The van der Waals surface area contributed by atoms with Gasteiger partial charge in [-0.1, -0.05) is 0 Å². The van der Waals surface area contributed by atoms with E-state index in [0.29, 0.717) is 0 Å². The normalized spacial score (nSPS) is 12.9. The molecule has 0 saturated carbocycles. The van der Waals surface area contributed by atoms with Crippen molar-refractivity contribution in [2.75, 3.05) is 12.5 Å². The average Bonchev–Trinajstić information content (AvgIpc) is 1.30. The van der Waals surface area contributed by atoms with Crippen LogP contribution in [0.4, 0.5) is 0 Å². The maximum absolute atomic E-state index is 8.11. The number of nitriles is 1. The minimum atomic E-state index is -0.806. The van der Waals surface area contributed by atoms with E-state index >= 15 is 0 Å². The summed E-state index contributed by atoms with van der Waals surface area (Å²) in [5.41, 5.74) is 0. The zero-order chi connectivity index (χ0) is 5.91. The quantitative estimate of drug-likeness (QED) is 0.479. The van der Waals surface area contributed by atoms with Gasteiger partial charge in [0.2, 0.25) is 0 Å². The summed E-state index contributed by atoms with van der Waals surface area (Å²) in [5.74, 6) is 0. The van der Waals surface area contributed by atoms with E-state index in [-0.39, 0.29) is 0 Å². The fourth-order valence-electron chi connectivity index (χ4n) is 0.0886. The summed E-state index contributed by atoms with van der Waals surface area (Å²) in [6.07, 6.45) is 4.03. The minimum absolute atomic E-state index is 0.806. The van der Waals surface area contributed by atoms with Crippen molar-refractivity contribution in [1.29, 1.82) is 5.26 Å². The van der Waals surface area contributed by atoms with E-state index in [4.69, 9.17) is 5.26 Å². The molecule has 0 aromatic rings. The first-order chi connectivity index (χ1) is 3.06. The Morgan fingerprint density at radius 2 is 2.14 bits per heavy atom. The van der Waals surface area contributed by atoms with Crippen molar-refractivity contribution in [2.45, 2.75) is 0 Å². The standard InChI is InChI=1S/C3H6BrNS2/c1-7(2,4)6-3-5/h1-2H3. The summed E-state index contributed by atoms with van der Waals surface area (Å²) in [7, 11) is 0.488. The fourth-order valence-corrected chi connectivity index (χ4v) is 1.33. The molecule has 0 aliphatic carbocycles. The Morgan fingerprint density at radius 1 is 1.71 bits per heavy atom. The van der Waals surface area contributed by atoms with Gasteiger partial charge in [-0.3, -0.25) is 0 Å². The van der Waals surface area contributed by atoms with Gasteiger partial charge in [-0.15, -0.1) is 7.49 Å². The number of hydrogen-bond acceptors (Lipinski definition) is 2. The van der Waals surface area contributed by atoms with Crippen LogP contribution >= 0.6 is 33.1 Å². The number of thiocyanates is 1. The fraction of sp³-hybridized carbons (Fsp3) is 0.667. The highest BCUT2D eigenvalue weighted by molar-refractivity contribution is 9.70. The van der Waals surface area contributed by atoms with Gasteiger partial charge in [0.1, 0.15) is 5.40 Å². The maximum atomic E-state index is 8.11. The molecule has 42 valence electrons. The second-order valence-electron chi connectivity index (χ2n) is 1.29. The first-order valence-electron chi connectivity index (χ1n) is 1.57. The molecule has 0 rings (SSSR count). The third-order valence-corrected chi connectivity index (χ3v) is 3.31. The van der Waals surface area contributed by atoms with Crippen molar-refractivity contribution >= 4 is 33.1 Å². The molecule has 0 aromatic heterocycles. The van der Waals surface area contributed by atoms with Crippen molar-refractivity contribution in [3.05, 3.63) is 0 Å². The molecule has 0 N–H and O–H groups in total.